The summed E-state index contributed by atoms with van der Waals surface area (Å²) in [6, 6.07) is 3.24. The van der Waals surface area contributed by atoms with Crippen LogP contribution in [-0.2, 0) is 57.5 Å². The van der Waals surface area contributed by atoms with Gasteiger partial charge in [-0.15, -0.1) is 11.3 Å². The number of benzene rings is 1. The molecule has 23 heteroatoms. The van der Waals surface area contributed by atoms with Gasteiger partial charge in [-0.2, -0.15) is 8.78 Å². The van der Waals surface area contributed by atoms with E-state index in [4.69, 9.17) is 23.3 Å². The minimum atomic E-state index is -5.63. The summed E-state index contributed by atoms with van der Waals surface area (Å²) in [6.45, 7) is 8.15. The van der Waals surface area contributed by atoms with E-state index in [-0.39, 0.29) is 60.7 Å². The van der Waals surface area contributed by atoms with E-state index in [0.29, 0.717) is 50.3 Å². The number of nitrogens with one attached hydrogen (secondary N) is 1. The van der Waals surface area contributed by atoms with Gasteiger partial charge < -0.3 is 34.2 Å². The molecule has 4 fully saturated rings. The number of fused-ring (bicyclic) bond motifs is 2. The molecule has 4 aliphatic heterocycles. The van der Waals surface area contributed by atoms with E-state index in [1.165, 1.54) is 63.5 Å². The smallest absolute Gasteiger partial charge is 0.410 e. The number of hydrogen-bond acceptors (Lipinski definition) is 14. The van der Waals surface area contributed by atoms with Gasteiger partial charge in [-0.3, -0.25) is 47.3 Å². The lowest BCUT2D eigenvalue weighted by atomic mass is 9.96. The van der Waals surface area contributed by atoms with Gasteiger partial charge in [0.1, 0.15) is 6.04 Å². The number of carbonyl (C=O) groups is 6. The first-order chi connectivity index (χ1) is 30.9. The van der Waals surface area contributed by atoms with Gasteiger partial charge >= 0.3 is 25.2 Å². The van der Waals surface area contributed by atoms with Crippen molar-refractivity contribution in [2.45, 2.75) is 85.0 Å². The van der Waals surface area contributed by atoms with Crippen LogP contribution in [0.5, 0.6) is 0 Å². The number of hydrogen-bond donors (Lipinski definition) is 1. The highest BCUT2D eigenvalue weighted by Crippen LogP contribution is 2.67. The Morgan fingerprint density at radius 3 is 2.06 bits per heavy atom. The van der Waals surface area contributed by atoms with Crippen LogP contribution in [0.3, 0.4) is 0 Å². The summed E-state index contributed by atoms with van der Waals surface area (Å²) < 4.78 is 99.3. The molecule has 0 radical (unpaired) electrons. The van der Waals surface area contributed by atoms with Gasteiger partial charge in [0.2, 0.25) is 31.3 Å². The molecule has 4 saturated heterocycles. The Morgan fingerprint density at radius 1 is 0.848 bits per heavy atom. The highest BCUT2D eigenvalue weighted by molar-refractivity contribution is 7.54. The molecule has 1 aromatic heterocycles. The van der Waals surface area contributed by atoms with Gasteiger partial charge in [-0.05, 0) is 84.4 Å². The van der Waals surface area contributed by atoms with Crippen molar-refractivity contribution in [1.29, 1.82) is 0 Å². The lowest BCUT2D eigenvalue weighted by Gasteiger charge is -2.44. The van der Waals surface area contributed by atoms with Crippen LogP contribution in [0.4, 0.5) is 17.6 Å². The monoisotopic (exact) mass is 975 g/mol. The number of esters is 2. The molecule has 4 aliphatic rings. The highest BCUT2D eigenvalue weighted by Gasteiger charge is 2.56. The molecule has 2 aromatic rings. The van der Waals surface area contributed by atoms with Crippen LogP contribution < -0.4 is 5.32 Å². The van der Waals surface area contributed by atoms with E-state index in [2.05, 4.69) is 5.32 Å². The first-order valence-corrected chi connectivity index (χ1v) is 24.2. The average molecular weight is 976 g/mol. The van der Waals surface area contributed by atoms with Crippen molar-refractivity contribution < 1.29 is 74.2 Å². The number of halogens is 4. The molecule has 0 spiro atoms. The van der Waals surface area contributed by atoms with Gasteiger partial charge in [0.05, 0.1) is 47.3 Å². The molecule has 5 heterocycles. The summed E-state index contributed by atoms with van der Waals surface area (Å²) in [6.07, 6.45) is -1.50. The summed E-state index contributed by atoms with van der Waals surface area (Å²) in [4.78, 5) is 85.9. The molecule has 1 unspecified atom stereocenters. The summed E-state index contributed by atoms with van der Waals surface area (Å²) in [7, 11) is -5.63. The Labute approximate surface area is 384 Å². The van der Waals surface area contributed by atoms with Crippen molar-refractivity contribution in [3.8, 4) is 0 Å². The van der Waals surface area contributed by atoms with Gasteiger partial charge in [0, 0.05) is 62.1 Å². The summed E-state index contributed by atoms with van der Waals surface area (Å²) in [5.74, 6) is -4.58. The summed E-state index contributed by atoms with van der Waals surface area (Å²) >= 11 is 0.926. The van der Waals surface area contributed by atoms with Crippen LogP contribution in [-0.4, -0.2) is 153 Å². The first kappa shape index (κ1) is 51.2. The average Bonchev–Trinajstić information content (AvgIpc) is 3.86. The van der Waals surface area contributed by atoms with Crippen molar-refractivity contribution >= 4 is 64.6 Å². The molecule has 1 N–H and O–H groups in total. The number of carbonyl (C=O) groups excluding carboxylic acids is 6. The predicted molar refractivity (Wildman–Crippen MR) is 230 cm³/mol. The Morgan fingerprint density at radius 2 is 1.47 bits per heavy atom. The molecular formula is C43H58F4N5O12PS. The maximum Gasteiger partial charge on any atom is 0.410 e. The number of morpholine rings is 1. The zero-order valence-electron chi connectivity index (χ0n) is 37.9. The van der Waals surface area contributed by atoms with E-state index in [9.17, 15) is 42.1 Å². The molecule has 1 aromatic carbocycles. The Balaban J connectivity index is 1.15. The number of alkyl halides is 4. The summed E-state index contributed by atoms with van der Waals surface area (Å²) in [5.41, 5.74) is -7.40. The predicted octanol–water partition coefficient (Wildman–Crippen LogP) is 5.26. The fraction of sp³-hybridized carbons (Fsp3) is 0.674. The zero-order chi connectivity index (χ0) is 48.4. The number of ether oxygens (including phenoxy) is 3. The van der Waals surface area contributed by atoms with Gasteiger partial charge in [-0.25, -0.2) is 8.78 Å². The number of rotatable bonds is 15. The van der Waals surface area contributed by atoms with E-state index in [1.54, 1.807) is 9.80 Å². The normalized spacial score (nSPS) is 21.6. The van der Waals surface area contributed by atoms with E-state index in [0.717, 1.165) is 23.5 Å². The van der Waals surface area contributed by atoms with Crippen LogP contribution >= 0.6 is 18.9 Å². The maximum absolute atomic E-state index is 16.3. The molecule has 366 valence electrons. The van der Waals surface area contributed by atoms with Crippen LogP contribution in [0, 0.1) is 22.7 Å². The molecule has 66 heavy (non-hydrogen) atoms. The summed E-state index contributed by atoms with van der Waals surface area (Å²) in [5, 5.41) is 2.83. The first-order valence-electron chi connectivity index (χ1n) is 21.8. The molecular weight excluding hydrogens is 918 g/mol. The molecule has 17 nitrogen and oxygen atoms in total. The fourth-order valence-corrected chi connectivity index (χ4v) is 10.3. The fourth-order valence-electron chi connectivity index (χ4n) is 8.08. The SMILES string of the molecule is CC(C)(C)C(=O)OCOP(=O)(OCOC(=O)C(C)(C)C)C(F)(F)c1ccc2sc(C(=O)NCC3CN(CC(F)F)CC[C@H]4CC[C@@H](C(=O)N5CC(C(=O)N6CCOCC6)C5)N4C3=O)cc2c1. The third kappa shape index (κ3) is 11.7. The molecule has 0 aliphatic carbocycles. The number of likely N-dealkylation sites (tertiary alicyclic amines) is 1. The minimum absolute atomic E-state index is 0.0399. The topological polar surface area (TPSA) is 191 Å². The van der Waals surface area contributed by atoms with Crippen molar-refractivity contribution in [2.75, 3.05) is 79.2 Å². The van der Waals surface area contributed by atoms with Crippen molar-refractivity contribution in [3.63, 3.8) is 0 Å². The number of nitrogens with zero attached hydrogens (tertiary/aromatic N) is 4. The lowest BCUT2D eigenvalue weighted by Crippen LogP contribution is -2.62. The maximum atomic E-state index is 16.3. The third-order valence-electron chi connectivity index (χ3n) is 11.9. The molecule has 4 amide bonds. The van der Waals surface area contributed by atoms with Crippen molar-refractivity contribution in [3.05, 3.63) is 34.7 Å². The molecule has 0 bridgehead atoms. The minimum Gasteiger partial charge on any atom is -0.438 e. The van der Waals surface area contributed by atoms with E-state index >= 15 is 8.78 Å². The quantitative estimate of drug-likeness (QED) is 0.105. The zero-order valence-corrected chi connectivity index (χ0v) is 39.6. The number of thiophene rings is 1. The van der Waals surface area contributed by atoms with Crippen LogP contribution in [0.2, 0.25) is 0 Å². The molecule has 0 saturated carbocycles. The van der Waals surface area contributed by atoms with Gasteiger partial charge in [0.25, 0.3) is 12.3 Å². The molecule has 6 rings (SSSR count). The lowest BCUT2D eigenvalue weighted by molar-refractivity contribution is -0.163. The Kier molecular flexibility index (Phi) is 16.0. The second-order valence-electron chi connectivity index (χ2n) is 19.0. The van der Waals surface area contributed by atoms with Crippen molar-refractivity contribution in [2.24, 2.45) is 22.7 Å². The Hall–Kier alpha value is -4.21. The van der Waals surface area contributed by atoms with Crippen LogP contribution in [0.1, 0.15) is 76.0 Å². The second-order valence-corrected chi connectivity index (χ2v) is 22.1. The highest BCUT2D eigenvalue weighted by atomic mass is 32.1. The van der Waals surface area contributed by atoms with Crippen LogP contribution in [0.25, 0.3) is 10.1 Å². The largest absolute Gasteiger partial charge is 0.438 e. The van der Waals surface area contributed by atoms with E-state index in [1.807, 2.05) is 0 Å². The third-order valence-corrected chi connectivity index (χ3v) is 14.9. The van der Waals surface area contributed by atoms with Crippen LogP contribution in [0.15, 0.2) is 24.3 Å². The van der Waals surface area contributed by atoms with Gasteiger partial charge in [-0.1, -0.05) is 6.07 Å². The molecule has 3 atom stereocenters. The van der Waals surface area contributed by atoms with Crippen molar-refractivity contribution in [1.82, 2.24) is 24.9 Å². The second kappa shape index (κ2) is 20.6. The standard InChI is InChI=1S/C43H58F4N5O12PS/c1-41(2,3)39(57)61-24-63-65(59,64-25-62-40(58)42(4,5)6)43(46,47)29-7-10-32-26(17-29)18-33(66-32)35(53)48-19-27-20-49(23-34(44)45)12-11-30-8-9-31(52(30)37(27)55)38(56)51-21-28(22-51)36(54)50-13-15-60-16-14-50/h7,10,17-18,27-28,30-31,34H,8-9,11-16,19-25H2,1-6H3,(H,48,53)/t27?,30-,31+/m1/s1. The van der Waals surface area contributed by atoms with E-state index < -0.39 is 98.0 Å². The Bertz CT molecular complexity index is 2150. The number of amides is 4. The van der Waals surface area contributed by atoms with Gasteiger partial charge in [0.15, 0.2) is 0 Å².